The first-order valence-corrected chi connectivity index (χ1v) is 10.5. The minimum absolute atomic E-state index is 0.0632. The van der Waals surface area contributed by atoms with E-state index >= 15 is 0 Å². The number of aryl methyl sites for hydroxylation is 2. The minimum Gasteiger partial charge on any atom is -0.294 e. The highest BCUT2D eigenvalue weighted by molar-refractivity contribution is 7.89. The van der Waals surface area contributed by atoms with Crippen LogP contribution >= 0.6 is 11.6 Å². The molecule has 3 rings (SSSR count). The number of halogens is 2. The van der Waals surface area contributed by atoms with E-state index in [0.717, 1.165) is 23.9 Å². The van der Waals surface area contributed by atoms with Crippen molar-refractivity contribution in [2.45, 2.75) is 24.3 Å². The van der Waals surface area contributed by atoms with Crippen molar-refractivity contribution in [1.82, 2.24) is 19.5 Å². The molecule has 0 aliphatic rings. The SMILES string of the molecule is Cn1nccc1CCC(=O)c1ccc(CNS(=O)(=O)c2ccc(F)c(Cl)c2)nc1. The van der Waals surface area contributed by atoms with Crippen LogP contribution in [0.5, 0.6) is 0 Å². The highest BCUT2D eigenvalue weighted by Gasteiger charge is 2.16. The van der Waals surface area contributed by atoms with Crippen molar-refractivity contribution in [1.29, 1.82) is 0 Å². The Balaban J connectivity index is 1.59. The molecule has 3 aromatic rings. The zero-order valence-corrected chi connectivity index (χ0v) is 17.0. The number of hydrogen-bond acceptors (Lipinski definition) is 5. The minimum atomic E-state index is -3.88. The largest absolute Gasteiger partial charge is 0.294 e. The predicted molar refractivity (Wildman–Crippen MR) is 106 cm³/mol. The first-order valence-electron chi connectivity index (χ1n) is 8.66. The molecule has 2 aromatic heterocycles. The van der Waals surface area contributed by atoms with Gasteiger partial charge in [0.1, 0.15) is 5.82 Å². The lowest BCUT2D eigenvalue weighted by Gasteiger charge is -2.08. The quantitative estimate of drug-likeness (QED) is 0.548. The third kappa shape index (κ3) is 5.26. The maximum atomic E-state index is 13.2. The molecule has 0 radical (unpaired) electrons. The van der Waals surface area contributed by atoms with Crippen molar-refractivity contribution in [2.24, 2.45) is 7.05 Å². The summed E-state index contributed by atoms with van der Waals surface area (Å²) in [5.74, 6) is -0.761. The number of hydrogen-bond donors (Lipinski definition) is 1. The van der Waals surface area contributed by atoms with Crippen molar-refractivity contribution in [3.63, 3.8) is 0 Å². The number of nitrogens with one attached hydrogen (secondary N) is 1. The van der Waals surface area contributed by atoms with Crippen LogP contribution in [0, 0.1) is 5.82 Å². The van der Waals surface area contributed by atoms with E-state index in [1.165, 1.54) is 6.20 Å². The van der Waals surface area contributed by atoms with E-state index in [1.54, 1.807) is 23.0 Å². The number of benzene rings is 1. The molecular formula is C19H18ClFN4O3S. The highest BCUT2D eigenvalue weighted by Crippen LogP contribution is 2.19. The molecule has 0 unspecified atom stereocenters. The molecule has 0 atom stereocenters. The number of carbonyl (C=O) groups excluding carboxylic acids is 1. The second-order valence-electron chi connectivity index (χ2n) is 6.31. The van der Waals surface area contributed by atoms with Crippen molar-refractivity contribution in [3.8, 4) is 0 Å². The van der Waals surface area contributed by atoms with Gasteiger partial charge in [0, 0.05) is 37.1 Å². The Morgan fingerprint density at radius 2 is 2.03 bits per heavy atom. The van der Waals surface area contributed by atoms with E-state index in [-0.39, 0.29) is 22.2 Å². The van der Waals surface area contributed by atoms with Gasteiger partial charge in [-0.05, 0) is 42.8 Å². The number of carbonyl (C=O) groups is 1. The summed E-state index contributed by atoms with van der Waals surface area (Å²) in [4.78, 5) is 16.3. The Labute approximate surface area is 172 Å². The Bertz CT molecular complexity index is 1130. The number of ketones is 1. The fourth-order valence-corrected chi connectivity index (χ4v) is 3.89. The molecule has 10 heteroatoms. The number of nitrogens with zero attached hydrogens (tertiary/aromatic N) is 3. The standard InChI is InChI=1S/C19H18ClFN4O3S/c1-25-15(8-9-23-25)4-7-19(26)13-2-3-14(22-11-13)12-24-29(27,28)16-5-6-18(21)17(20)10-16/h2-3,5-6,8-11,24H,4,7,12H2,1H3. The third-order valence-corrected chi connectivity index (χ3v) is 6.01. The number of sulfonamides is 1. The van der Waals surface area contributed by atoms with Gasteiger partial charge >= 0.3 is 0 Å². The molecule has 0 saturated carbocycles. The third-order valence-electron chi connectivity index (χ3n) is 4.32. The Morgan fingerprint density at radius 1 is 1.24 bits per heavy atom. The fourth-order valence-electron chi connectivity index (χ4n) is 2.62. The first-order chi connectivity index (χ1) is 13.8. The zero-order valence-electron chi connectivity index (χ0n) is 15.5. The van der Waals surface area contributed by atoms with Crippen LogP contribution in [0.2, 0.25) is 5.02 Å². The molecule has 0 fully saturated rings. The van der Waals surface area contributed by atoms with E-state index in [9.17, 15) is 17.6 Å². The zero-order chi connectivity index (χ0) is 21.0. The molecule has 152 valence electrons. The van der Waals surface area contributed by atoms with Gasteiger partial charge in [0.2, 0.25) is 10.0 Å². The van der Waals surface area contributed by atoms with Crippen molar-refractivity contribution < 1.29 is 17.6 Å². The van der Waals surface area contributed by atoms with Gasteiger partial charge in [-0.2, -0.15) is 5.10 Å². The van der Waals surface area contributed by atoms with Crippen molar-refractivity contribution in [3.05, 3.63) is 76.6 Å². The van der Waals surface area contributed by atoms with Crippen LogP contribution in [0.3, 0.4) is 0 Å². The second kappa shape index (κ2) is 8.81. The van der Waals surface area contributed by atoms with Gasteiger partial charge in [0.15, 0.2) is 5.78 Å². The molecule has 0 amide bonds. The molecule has 0 aliphatic carbocycles. The Hall–Kier alpha value is -2.62. The summed E-state index contributed by atoms with van der Waals surface area (Å²) < 4.78 is 41.9. The van der Waals surface area contributed by atoms with Crippen LogP contribution in [0.4, 0.5) is 4.39 Å². The summed E-state index contributed by atoms with van der Waals surface area (Å²) in [5.41, 5.74) is 1.84. The lowest BCUT2D eigenvalue weighted by Crippen LogP contribution is -2.23. The molecule has 2 heterocycles. The first kappa shape index (κ1) is 21.1. The maximum absolute atomic E-state index is 13.2. The normalized spacial score (nSPS) is 11.6. The van der Waals surface area contributed by atoms with Crippen LogP contribution in [0.1, 0.15) is 28.2 Å². The van der Waals surface area contributed by atoms with Gasteiger partial charge in [-0.25, -0.2) is 17.5 Å². The summed E-state index contributed by atoms with van der Waals surface area (Å²) >= 11 is 5.63. The molecule has 0 bridgehead atoms. The van der Waals surface area contributed by atoms with Crippen LogP contribution in [-0.2, 0) is 30.0 Å². The van der Waals surface area contributed by atoms with Gasteiger partial charge in [0.05, 0.1) is 22.2 Å². The molecular weight excluding hydrogens is 419 g/mol. The van der Waals surface area contributed by atoms with Crippen LogP contribution in [0.25, 0.3) is 0 Å². The van der Waals surface area contributed by atoms with E-state index in [2.05, 4.69) is 14.8 Å². The Kier molecular flexibility index (Phi) is 6.41. The summed E-state index contributed by atoms with van der Waals surface area (Å²) in [7, 11) is -2.06. The van der Waals surface area contributed by atoms with Crippen LogP contribution < -0.4 is 4.72 Å². The highest BCUT2D eigenvalue weighted by atomic mass is 35.5. The monoisotopic (exact) mass is 436 g/mol. The van der Waals surface area contributed by atoms with Gasteiger partial charge in [0.25, 0.3) is 0 Å². The Morgan fingerprint density at radius 3 is 2.66 bits per heavy atom. The summed E-state index contributed by atoms with van der Waals surface area (Å²) in [5, 5.41) is 3.78. The lowest BCUT2D eigenvalue weighted by molar-refractivity contribution is 0.0982. The molecule has 0 saturated heterocycles. The smallest absolute Gasteiger partial charge is 0.240 e. The predicted octanol–water partition coefficient (Wildman–Crippen LogP) is 2.90. The van der Waals surface area contributed by atoms with Crippen molar-refractivity contribution in [2.75, 3.05) is 0 Å². The van der Waals surface area contributed by atoms with E-state index in [1.807, 2.05) is 13.1 Å². The van der Waals surface area contributed by atoms with E-state index < -0.39 is 15.8 Å². The second-order valence-corrected chi connectivity index (χ2v) is 8.48. The molecule has 7 nitrogen and oxygen atoms in total. The van der Waals surface area contributed by atoms with Crippen LogP contribution in [0.15, 0.2) is 53.7 Å². The van der Waals surface area contributed by atoms with Crippen LogP contribution in [-0.4, -0.2) is 29.0 Å². The summed E-state index contributed by atoms with van der Waals surface area (Å²) in [6.07, 6.45) is 3.98. The molecule has 29 heavy (non-hydrogen) atoms. The van der Waals surface area contributed by atoms with E-state index in [0.29, 0.717) is 24.1 Å². The molecule has 0 aliphatic heterocycles. The van der Waals surface area contributed by atoms with Crippen molar-refractivity contribution >= 4 is 27.4 Å². The number of Topliss-reactive ketones (excluding diaryl/α,β-unsaturated/α-hetero) is 1. The fraction of sp³-hybridized carbons (Fsp3) is 0.211. The summed E-state index contributed by atoms with van der Waals surface area (Å²) in [6, 6.07) is 8.20. The average molecular weight is 437 g/mol. The molecule has 1 aromatic carbocycles. The van der Waals surface area contributed by atoms with Gasteiger partial charge in [-0.1, -0.05) is 11.6 Å². The van der Waals surface area contributed by atoms with Gasteiger partial charge < -0.3 is 0 Å². The average Bonchev–Trinajstić information content (AvgIpc) is 3.12. The van der Waals surface area contributed by atoms with E-state index in [4.69, 9.17) is 11.6 Å². The topological polar surface area (TPSA) is 94.0 Å². The molecule has 0 spiro atoms. The maximum Gasteiger partial charge on any atom is 0.240 e. The lowest BCUT2D eigenvalue weighted by atomic mass is 10.1. The van der Waals surface area contributed by atoms with Gasteiger partial charge in [-0.15, -0.1) is 0 Å². The summed E-state index contributed by atoms with van der Waals surface area (Å²) in [6.45, 7) is -0.0825. The number of rotatable bonds is 8. The molecule has 1 N–H and O–H groups in total. The van der Waals surface area contributed by atoms with Gasteiger partial charge in [-0.3, -0.25) is 14.5 Å². The number of pyridine rings is 1. The number of aromatic nitrogens is 3.